The minimum Gasteiger partial charge on any atom is -0.326 e. The number of imidazole rings is 1. The number of rotatable bonds is 0. The molecule has 92 valence electrons. The molecular weight excluding hydrogens is 238 g/mol. The molecule has 4 heterocycles. The molecule has 1 aromatic carbocycles. The lowest BCUT2D eigenvalue weighted by Crippen LogP contribution is -1.98. The number of aryl methyl sites for hydroxylation is 2. The van der Waals surface area contributed by atoms with Gasteiger partial charge in [-0.25, -0.2) is 4.98 Å². The topological polar surface area (TPSA) is 48.0 Å². The van der Waals surface area contributed by atoms with E-state index in [0.717, 1.165) is 40.7 Å². The van der Waals surface area contributed by atoms with Crippen molar-refractivity contribution in [3.8, 4) is 0 Å². The van der Waals surface area contributed by atoms with Crippen molar-refractivity contribution in [3.05, 3.63) is 36.3 Å². The summed E-state index contributed by atoms with van der Waals surface area (Å²) in [5.74, 6) is 1.18. The van der Waals surface area contributed by atoms with Gasteiger partial charge in [-0.15, -0.1) is 10.2 Å². The van der Waals surface area contributed by atoms with Crippen molar-refractivity contribution in [3.63, 3.8) is 0 Å². The minimum absolute atomic E-state index is 0.882. The van der Waals surface area contributed by atoms with Crippen LogP contribution in [0, 0.1) is 0 Å². The van der Waals surface area contributed by atoms with Crippen molar-refractivity contribution in [2.45, 2.75) is 19.4 Å². The van der Waals surface area contributed by atoms with Crippen molar-refractivity contribution >= 4 is 27.7 Å². The van der Waals surface area contributed by atoms with Crippen LogP contribution in [0.25, 0.3) is 27.7 Å². The van der Waals surface area contributed by atoms with E-state index in [1.807, 2.05) is 18.3 Å². The third-order valence-corrected chi connectivity index (χ3v) is 3.96. The molecule has 0 bridgehead atoms. The molecule has 0 saturated heterocycles. The highest BCUT2D eigenvalue weighted by Crippen LogP contribution is 2.28. The second-order valence-corrected chi connectivity index (χ2v) is 5.02. The number of fused-ring (bicyclic) bond motifs is 7. The Labute approximate surface area is 108 Å². The van der Waals surface area contributed by atoms with Crippen LogP contribution in [-0.2, 0) is 13.0 Å². The summed E-state index contributed by atoms with van der Waals surface area (Å²) in [6, 6.07) is 8.14. The molecule has 1 aliphatic heterocycles. The summed E-state index contributed by atoms with van der Waals surface area (Å²) in [5.41, 5.74) is 5.09. The first-order valence-electron chi connectivity index (χ1n) is 6.53. The van der Waals surface area contributed by atoms with E-state index in [0.29, 0.717) is 0 Å². The van der Waals surface area contributed by atoms with Gasteiger partial charge in [-0.2, -0.15) is 0 Å². The molecule has 0 N–H and O–H groups in total. The fourth-order valence-corrected chi connectivity index (χ4v) is 3.12. The van der Waals surface area contributed by atoms with Crippen molar-refractivity contribution in [1.29, 1.82) is 0 Å². The molecule has 0 saturated carbocycles. The lowest BCUT2D eigenvalue weighted by Gasteiger charge is -2.04. The van der Waals surface area contributed by atoms with E-state index in [4.69, 9.17) is 4.98 Å². The second-order valence-electron chi connectivity index (χ2n) is 5.02. The normalized spacial score (nSPS) is 14.7. The molecule has 5 nitrogen and oxygen atoms in total. The Kier molecular flexibility index (Phi) is 1.56. The molecule has 0 unspecified atom stereocenters. The van der Waals surface area contributed by atoms with Crippen LogP contribution in [0.1, 0.15) is 12.2 Å². The quantitative estimate of drug-likeness (QED) is 0.480. The first-order valence-corrected chi connectivity index (χ1v) is 6.53. The fourth-order valence-electron chi connectivity index (χ4n) is 3.12. The van der Waals surface area contributed by atoms with Gasteiger partial charge in [0.05, 0.1) is 16.6 Å². The van der Waals surface area contributed by atoms with Gasteiger partial charge in [0.15, 0.2) is 5.65 Å². The largest absolute Gasteiger partial charge is 0.326 e. The Morgan fingerprint density at radius 3 is 3.11 bits per heavy atom. The molecule has 0 aliphatic carbocycles. The average Bonchev–Trinajstić information content (AvgIpc) is 3.12. The van der Waals surface area contributed by atoms with Crippen LogP contribution in [0.5, 0.6) is 0 Å². The fraction of sp³-hybridized carbons (Fsp3) is 0.214. The van der Waals surface area contributed by atoms with Gasteiger partial charge in [-0.3, -0.25) is 4.40 Å². The number of hydrogen-bond acceptors (Lipinski definition) is 3. The second kappa shape index (κ2) is 3.12. The predicted molar refractivity (Wildman–Crippen MR) is 72.1 cm³/mol. The third-order valence-electron chi connectivity index (χ3n) is 3.96. The van der Waals surface area contributed by atoms with E-state index >= 15 is 0 Å². The van der Waals surface area contributed by atoms with Crippen molar-refractivity contribution in [1.82, 2.24) is 24.1 Å². The van der Waals surface area contributed by atoms with E-state index in [1.54, 1.807) is 0 Å². The van der Waals surface area contributed by atoms with Crippen LogP contribution < -0.4 is 0 Å². The van der Waals surface area contributed by atoms with E-state index in [2.05, 4.69) is 31.3 Å². The average molecular weight is 249 g/mol. The Morgan fingerprint density at radius 2 is 2.11 bits per heavy atom. The van der Waals surface area contributed by atoms with Crippen LogP contribution in [0.15, 0.2) is 30.5 Å². The molecule has 0 atom stereocenters. The van der Waals surface area contributed by atoms with Crippen LogP contribution in [-0.4, -0.2) is 24.1 Å². The van der Waals surface area contributed by atoms with Crippen LogP contribution >= 0.6 is 0 Å². The Morgan fingerprint density at radius 1 is 1.11 bits per heavy atom. The highest BCUT2D eigenvalue weighted by atomic mass is 15.2. The zero-order chi connectivity index (χ0) is 12.4. The van der Waals surface area contributed by atoms with Gasteiger partial charge in [0.1, 0.15) is 11.3 Å². The molecule has 3 aromatic heterocycles. The van der Waals surface area contributed by atoms with Gasteiger partial charge in [-0.1, -0.05) is 0 Å². The molecule has 0 fully saturated rings. The molecule has 0 radical (unpaired) electrons. The molecule has 0 spiro atoms. The van der Waals surface area contributed by atoms with Crippen molar-refractivity contribution < 1.29 is 0 Å². The summed E-state index contributed by atoms with van der Waals surface area (Å²) < 4.78 is 4.37. The SMILES string of the molecule is c1cc2nnc3c4c(ccc3n2c1)nc1n4CCC1. The van der Waals surface area contributed by atoms with Gasteiger partial charge in [0.25, 0.3) is 0 Å². The number of benzene rings is 1. The maximum atomic E-state index is 4.70. The zero-order valence-corrected chi connectivity index (χ0v) is 10.2. The summed E-state index contributed by atoms with van der Waals surface area (Å²) in [6.45, 7) is 1.04. The van der Waals surface area contributed by atoms with Gasteiger partial charge >= 0.3 is 0 Å². The van der Waals surface area contributed by atoms with Gasteiger partial charge in [0.2, 0.25) is 0 Å². The lowest BCUT2D eigenvalue weighted by atomic mass is 10.2. The van der Waals surface area contributed by atoms with Crippen LogP contribution in [0.2, 0.25) is 0 Å². The monoisotopic (exact) mass is 249 g/mol. The Balaban J connectivity index is 2.07. The van der Waals surface area contributed by atoms with Gasteiger partial charge < -0.3 is 4.57 Å². The van der Waals surface area contributed by atoms with Crippen LogP contribution in [0.4, 0.5) is 0 Å². The van der Waals surface area contributed by atoms with Gasteiger partial charge in [-0.05, 0) is 30.7 Å². The molecular formula is C14H11N5. The molecule has 5 heteroatoms. The zero-order valence-electron chi connectivity index (χ0n) is 10.2. The third kappa shape index (κ3) is 1.08. The van der Waals surface area contributed by atoms with Gasteiger partial charge in [0, 0.05) is 19.2 Å². The Bertz CT molecular complexity index is 947. The molecule has 19 heavy (non-hydrogen) atoms. The summed E-state index contributed by atoms with van der Waals surface area (Å²) >= 11 is 0. The highest BCUT2D eigenvalue weighted by Gasteiger charge is 2.19. The predicted octanol–water partition coefficient (Wildman–Crippen LogP) is 2.18. The lowest BCUT2D eigenvalue weighted by molar-refractivity contribution is 0.772. The molecule has 4 aromatic rings. The number of hydrogen-bond donors (Lipinski definition) is 0. The van der Waals surface area contributed by atoms with E-state index in [-0.39, 0.29) is 0 Å². The van der Waals surface area contributed by atoms with Crippen LogP contribution in [0.3, 0.4) is 0 Å². The Hall–Kier alpha value is -2.43. The minimum atomic E-state index is 0.882. The summed E-state index contributed by atoms with van der Waals surface area (Å²) in [5, 5.41) is 8.72. The smallest absolute Gasteiger partial charge is 0.159 e. The number of nitrogens with zero attached hydrogens (tertiary/aromatic N) is 5. The summed E-state index contributed by atoms with van der Waals surface area (Å²) in [7, 11) is 0. The van der Waals surface area contributed by atoms with E-state index < -0.39 is 0 Å². The number of aromatic nitrogens is 5. The molecule has 0 amide bonds. The molecule has 5 rings (SSSR count). The first kappa shape index (κ1) is 9.49. The molecule has 1 aliphatic rings. The maximum Gasteiger partial charge on any atom is 0.159 e. The highest BCUT2D eigenvalue weighted by molar-refractivity contribution is 6.01. The van der Waals surface area contributed by atoms with E-state index in [1.165, 1.54) is 12.2 Å². The summed E-state index contributed by atoms with van der Waals surface area (Å²) in [6.07, 6.45) is 4.27. The van der Waals surface area contributed by atoms with Crippen molar-refractivity contribution in [2.75, 3.05) is 0 Å². The van der Waals surface area contributed by atoms with Crippen molar-refractivity contribution in [2.24, 2.45) is 0 Å². The maximum absolute atomic E-state index is 4.70. The first-order chi connectivity index (χ1) is 9.42. The summed E-state index contributed by atoms with van der Waals surface area (Å²) in [4.78, 5) is 4.70. The standard InChI is InChI=1S/C14H11N5/c1-3-11-15-9-5-6-10-13(14(9)19(11)8-1)17-16-12-4-2-7-18(10)12/h2,4-7H,1,3,8H2. The van der Waals surface area contributed by atoms with E-state index in [9.17, 15) is 0 Å².